The largest absolute Gasteiger partial charge is 0.322 e. The molecule has 0 radical (unpaired) electrons. The van der Waals surface area contributed by atoms with E-state index in [-0.39, 0.29) is 6.03 Å². The fourth-order valence-corrected chi connectivity index (χ4v) is 2.08. The first-order valence-corrected chi connectivity index (χ1v) is 6.51. The van der Waals surface area contributed by atoms with Gasteiger partial charge >= 0.3 is 6.03 Å². The summed E-state index contributed by atoms with van der Waals surface area (Å²) in [6.45, 7) is 8.31. The first-order valence-electron chi connectivity index (χ1n) is 6.51. The van der Waals surface area contributed by atoms with Crippen LogP contribution in [0.1, 0.15) is 0 Å². The van der Waals surface area contributed by atoms with Crippen LogP contribution in [0.3, 0.4) is 0 Å². The quantitative estimate of drug-likeness (QED) is 0.814. The fourth-order valence-electron chi connectivity index (χ4n) is 2.08. The molecule has 102 valence electrons. The maximum absolute atomic E-state index is 12.3. The van der Waals surface area contributed by atoms with Gasteiger partial charge in [-0.15, -0.1) is 13.2 Å². The summed E-state index contributed by atoms with van der Waals surface area (Å²) in [4.78, 5) is 13.9. The van der Waals surface area contributed by atoms with Crippen LogP contribution in [0.15, 0.2) is 67.8 Å². The van der Waals surface area contributed by atoms with Gasteiger partial charge in [-0.05, 0) is 11.5 Å². The summed E-state index contributed by atoms with van der Waals surface area (Å²) in [6.07, 6.45) is 3.40. The van der Waals surface area contributed by atoms with Crippen molar-refractivity contribution in [2.75, 3.05) is 18.4 Å². The number of nitrogens with zero attached hydrogens (tertiary/aromatic N) is 1. The van der Waals surface area contributed by atoms with Crippen molar-refractivity contribution in [3.63, 3.8) is 0 Å². The molecule has 0 bridgehead atoms. The Morgan fingerprint density at radius 2 is 1.70 bits per heavy atom. The Bertz CT molecular complexity index is 618. The summed E-state index contributed by atoms with van der Waals surface area (Å²) >= 11 is 0. The Kier molecular flexibility index (Phi) is 4.56. The zero-order chi connectivity index (χ0) is 14.4. The van der Waals surface area contributed by atoms with E-state index in [1.165, 1.54) is 0 Å². The van der Waals surface area contributed by atoms with Crippen molar-refractivity contribution < 1.29 is 4.79 Å². The molecule has 0 unspecified atom stereocenters. The summed E-state index contributed by atoms with van der Waals surface area (Å²) in [7, 11) is 0. The van der Waals surface area contributed by atoms with Crippen molar-refractivity contribution in [1.82, 2.24) is 4.90 Å². The number of urea groups is 1. The summed E-state index contributed by atoms with van der Waals surface area (Å²) in [5, 5.41) is 5.08. The van der Waals surface area contributed by atoms with Crippen molar-refractivity contribution in [1.29, 1.82) is 0 Å². The maximum Gasteiger partial charge on any atom is 0.322 e. The summed E-state index contributed by atoms with van der Waals surface area (Å²) < 4.78 is 0. The van der Waals surface area contributed by atoms with Crippen molar-refractivity contribution in [3.8, 4) is 0 Å². The minimum atomic E-state index is -0.152. The molecule has 1 N–H and O–H groups in total. The molecule has 0 saturated heterocycles. The minimum Gasteiger partial charge on any atom is -0.317 e. The van der Waals surface area contributed by atoms with E-state index in [0.717, 1.165) is 16.5 Å². The number of benzene rings is 2. The second-order valence-corrected chi connectivity index (χ2v) is 4.44. The van der Waals surface area contributed by atoms with Gasteiger partial charge in [0.1, 0.15) is 0 Å². The SMILES string of the molecule is C=CCN(CC=C)C(=O)Nc1cccc2ccccc12. The average molecular weight is 266 g/mol. The van der Waals surface area contributed by atoms with E-state index in [4.69, 9.17) is 0 Å². The molecule has 3 nitrogen and oxygen atoms in total. The number of hydrogen-bond donors (Lipinski definition) is 1. The van der Waals surface area contributed by atoms with E-state index in [1.54, 1.807) is 17.1 Å². The molecule has 0 aliphatic carbocycles. The highest BCUT2D eigenvalue weighted by atomic mass is 16.2. The Hall–Kier alpha value is -2.55. The number of nitrogens with one attached hydrogen (secondary N) is 1. The molecule has 3 heteroatoms. The van der Waals surface area contributed by atoms with Crippen molar-refractivity contribution in [2.45, 2.75) is 0 Å². The first-order chi connectivity index (χ1) is 9.76. The van der Waals surface area contributed by atoms with Crippen LogP contribution >= 0.6 is 0 Å². The number of anilines is 1. The lowest BCUT2D eigenvalue weighted by atomic mass is 10.1. The smallest absolute Gasteiger partial charge is 0.317 e. The van der Waals surface area contributed by atoms with Gasteiger partial charge in [-0.2, -0.15) is 0 Å². The van der Waals surface area contributed by atoms with Crippen LogP contribution in [-0.4, -0.2) is 24.0 Å². The maximum atomic E-state index is 12.3. The van der Waals surface area contributed by atoms with Crippen LogP contribution in [0, 0.1) is 0 Å². The predicted octanol–water partition coefficient (Wildman–Crippen LogP) is 4.05. The van der Waals surface area contributed by atoms with Gasteiger partial charge in [0.25, 0.3) is 0 Å². The zero-order valence-electron chi connectivity index (χ0n) is 11.4. The normalized spacial score (nSPS) is 10.0. The van der Waals surface area contributed by atoms with Crippen LogP contribution in [0.4, 0.5) is 10.5 Å². The second kappa shape index (κ2) is 6.57. The monoisotopic (exact) mass is 266 g/mol. The second-order valence-electron chi connectivity index (χ2n) is 4.44. The van der Waals surface area contributed by atoms with E-state index in [9.17, 15) is 4.79 Å². The molecule has 0 aliphatic heterocycles. The minimum absolute atomic E-state index is 0.152. The highest BCUT2D eigenvalue weighted by Gasteiger charge is 2.11. The van der Waals surface area contributed by atoms with E-state index >= 15 is 0 Å². The van der Waals surface area contributed by atoms with E-state index < -0.39 is 0 Å². The number of fused-ring (bicyclic) bond motifs is 1. The Labute approximate surface area is 119 Å². The third-order valence-electron chi connectivity index (χ3n) is 3.02. The molecule has 2 aromatic rings. The third kappa shape index (κ3) is 3.06. The highest BCUT2D eigenvalue weighted by molar-refractivity contribution is 6.01. The number of amides is 2. The summed E-state index contributed by atoms with van der Waals surface area (Å²) in [6, 6.07) is 13.7. The van der Waals surface area contributed by atoms with Gasteiger partial charge in [-0.1, -0.05) is 48.6 Å². The van der Waals surface area contributed by atoms with Crippen LogP contribution in [0.25, 0.3) is 10.8 Å². The van der Waals surface area contributed by atoms with Gasteiger partial charge in [0, 0.05) is 18.5 Å². The molecule has 2 rings (SSSR count). The van der Waals surface area contributed by atoms with Gasteiger partial charge < -0.3 is 10.2 Å². The molecule has 0 atom stereocenters. The highest BCUT2D eigenvalue weighted by Crippen LogP contribution is 2.23. The van der Waals surface area contributed by atoms with Crippen LogP contribution < -0.4 is 5.32 Å². The first kappa shape index (κ1) is 13.9. The number of carbonyl (C=O) groups excluding carboxylic acids is 1. The van der Waals surface area contributed by atoms with Crippen molar-refractivity contribution >= 4 is 22.5 Å². The van der Waals surface area contributed by atoms with Crippen molar-refractivity contribution in [2.24, 2.45) is 0 Å². The molecular weight excluding hydrogens is 248 g/mol. The molecular formula is C17H18N2O. The van der Waals surface area contributed by atoms with Gasteiger partial charge in [0.05, 0.1) is 5.69 Å². The van der Waals surface area contributed by atoms with Crippen LogP contribution in [0.2, 0.25) is 0 Å². The molecule has 0 aliphatic rings. The van der Waals surface area contributed by atoms with Gasteiger partial charge in [-0.25, -0.2) is 4.79 Å². The number of rotatable bonds is 5. The molecule has 0 heterocycles. The summed E-state index contributed by atoms with van der Waals surface area (Å²) in [5.41, 5.74) is 0.811. The van der Waals surface area contributed by atoms with Gasteiger partial charge in [0.2, 0.25) is 0 Å². The standard InChI is InChI=1S/C17H18N2O/c1-3-12-19(13-4-2)17(20)18-16-11-7-9-14-8-5-6-10-15(14)16/h3-11H,1-2,12-13H2,(H,18,20). The average Bonchev–Trinajstić information content (AvgIpc) is 2.47. The third-order valence-corrected chi connectivity index (χ3v) is 3.02. The van der Waals surface area contributed by atoms with E-state index in [2.05, 4.69) is 18.5 Å². The molecule has 2 aromatic carbocycles. The van der Waals surface area contributed by atoms with Gasteiger partial charge in [-0.3, -0.25) is 0 Å². The lowest BCUT2D eigenvalue weighted by Gasteiger charge is -2.20. The Balaban J connectivity index is 2.24. The predicted molar refractivity (Wildman–Crippen MR) is 84.9 cm³/mol. The van der Waals surface area contributed by atoms with Gasteiger partial charge in [0.15, 0.2) is 0 Å². The molecule has 20 heavy (non-hydrogen) atoms. The van der Waals surface area contributed by atoms with Crippen LogP contribution in [0.5, 0.6) is 0 Å². The lowest BCUT2D eigenvalue weighted by molar-refractivity contribution is 0.222. The molecule has 0 saturated carbocycles. The van der Waals surface area contributed by atoms with E-state index in [0.29, 0.717) is 13.1 Å². The van der Waals surface area contributed by atoms with Crippen LogP contribution in [-0.2, 0) is 0 Å². The lowest BCUT2D eigenvalue weighted by Crippen LogP contribution is -2.35. The van der Waals surface area contributed by atoms with E-state index in [1.807, 2.05) is 42.5 Å². The van der Waals surface area contributed by atoms with Crippen molar-refractivity contribution in [3.05, 3.63) is 67.8 Å². The number of carbonyl (C=O) groups is 1. The molecule has 0 aromatic heterocycles. The Morgan fingerprint density at radius 3 is 2.40 bits per heavy atom. The number of hydrogen-bond acceptors (Lipinski definition) is 1. The fraction of sp³-hybridized carbons (Fsp3) is 0.118. The molecule has 2 amide bonds. The Morgan fingerprint density at radius 1 is 1.05 bits per heavy atom. The molecule has 0 spiro atoms. The zero-order valence-corrected chi connectivity index (χ0v) is 11.4. The molecule has 0 fully saturated rings. The summed E-state index contributed by atoms with van der Waals surface area (Å²) in [5.74, 6) is 0. The topological polar surface area (TPSA) is 32.3 Å².